The van der Waals surface area contributed by atoms with Gasteiger partial charge in [0.25, 0.3) is 5.91 Å². The fourth-order valence-corrected chi connectivity index (χ4v) is 3.59. The van der Waals surface area contributed by atoms with Crippen molar-refractivity contribution in [3.8, 4) is 5.75 Å². The lowest BCUT2D eigenvalue weighted by Crippen LogP contribution is -2.20. The largest absolute Gasteiger partial charge is 0.484 e. The highest BCUT2D eigenvalue weighted by Gasteiger charge is 2.09. The van der Waals surface area contributed by atoms with E-state index in [9.17, 15) is 9.59 Å². The van der Waals surface area contributed by atoms with Crippen LogP contribution in [0, 0.1) is 13.8 Å². The lowest BCUT2D eigenvalue weighted by Gasteiger charge is -2.09. The van der Waals surface area contributed by atoms with E-state index in [1.807, 2.05) is 51.1 Å². The molecule has 25 heavy (non-hydrogen) atoms. The molecule has 130 valence electrons. The Labute approximate surface area is 149 Å². The zero-order chi connectivity index (χ0) is 18.0. The van der Waals surface area contributed by atoms with Crippen LogP contribution in [0.15, 0.2) is 41.2 Å². The van der Waals surface area contributed by atoms with Gasteiger partial charge in [-0.2, -0.15) is 0 Å². The number of ether oxygens (including phenoxy) is 1. The molecule has 0 aliphatic rings. The SMILES string of the molecule is CCn1c(=O)sc2cc(NC(=O)COc3ccc(C)c(C)c3)ccc21. The molecule has 3 aromatic rings. The zero-order valence-corrected chi connectivity index (χ0v) is 15.3. The van der Waals surface area contributed by atoms with Crippen molar-refractivity contribution < 1.29 is 9.53 Å². The Kier molecular flexibility index (Phi) is 4.90. The number of hydrogen-bond donors (Lipinski definition) is 1. The van der Waals surface area contributed by atoms with Crippen molar-refractivity contribution in [3.63, 3.8) is 0 Å². The van der Waals surface area contributed by atoms with E-state index < -0.39 is 0 Å². The minimum absolute atomic E-state index is 0.0130. The number of hydrogen-bond acceptors (Lipinski definition) is 4. The van der Waals surface area contributed by atoms with Crippen molar-refractivity contribution in [3.05, 3.63) is 57.2 Å². The Bertz CT molecular complexity index is 988. The van der Waals surface area contributed by atoms with Gasteiger partial charge in [-0.05, 0) is 62.2 Å². The smallest absolute Gasteiger partial charge is 0.308 e. The standard InChI is InChI=1S/C19H20N2O3S/c1-4-21-16-8-6-14(10-17(16)25-19(21)23)20-18(22)11-24-15-7-5-12(2)13(3)9-15/h5-10H,4,11H2,1-3H3,(H,20,22). The predicted octanol–water partition coefficient (Wildman–Crippen LogP) is 3.72. The van der Waals surface area contributed by atoms with Crippen molar-refractivity contribution in [1.29, 1.82) is 0 Å². The molecule has 0 bridgehead atoms. The summed E-state index contributed by atoms with van der Waals surface area (Å²) in [4.78, 5) is 24.0. The fourth-order valence-electron chi connectivity index (χ4n) is 2.59. The normalized spacial score (nSPS) is 10.8. The Morgan fingerprint density at radius 1 is 1.16 bits per heavy atom. The minimum Gasteiger partial charge on any atom is -0.484 e. The lowest BCUT2D eigenvalue weighted by atomic mass is 10.1. The summed E-state index contributed by atoms with van der Waals surface area (Å²) in [6.45, 7) is 6.54. The minimum atomic E-state index is -0.236. The van der Waals surface area contributed by atoms with Gasteiger partial charge in [0, 0.05) is 12.2 Å². The molecule has 5 nitrogen and oxygen atoms in total. The van der Waals surface area contributed by atoms with E-state index in [-0.39, 0.29) is 17.4 Å². The molecule has 1 amide bonds. The third kappa shape index (κ3) is 3.74. The molecule has 0 saturated heterocycles. The molecule has 1 heterocycles. The second-order valence-electron chi connectivity index (χ2n) is 5.88. The summed E-state index contributed by atoms with van der Waals surface area (Å²) in [7, 11) is 0. The summed E-state index contributed by atoms with van der Waals surface area (Å²) in [5.41, 5.74) is 3.86. The number of amides is 1. The third-order valence-electron chi connectivity index (χ3n) is 4.12. The summed E-state index contributed by atoms with van der Waals surface area (Å²) in [6, 6.07) is 11.2. The maximum Gasteiger partial charge on any atom is 0.308 e. The zero-order valence-electron chi connectivity index (χ0n) is 14.5. The van der Waals surface area contributed by atoms with E-state index in [1.54, 1.807) is 10.6 Å². The number of aryl methyl sites for hydroxylation is 3. The van der Waals surface area contributed by atoms with Gasteiger partial charge >= 0.3 is 4.87 Å². The molecule has 0 atom stereocenters. The van der Waals surface area contributed by atoms with Crippen LogP contribution >= 0.6 is 11.3 Å². The maximum absolute atomic E-state index is 12.1. The molecule has 0 radical (unpaired) electrons. The van der Waals surface area contributed by atoms with Crippen LogP contribution in [-0.4, -0.2) is 17.1 Å². The average Bonchev–Trinajstić information content (AvgIpc) is 2.90. The maximum atomic E-state index is 12.1. The van der Waals surface area contributed by atoms with E-state index in [2.05, 4.69) is 5.32 Å². The topological polar surface area (TPSA) is 60.3 Å². The van der Waals surface area contributed by atoms with Gasteiger partial charge in [0.15, 0.2) is 6.61 Å². The average molecular weight is 356 g/mol. The van der Waals surface area contributed by atoms with Crippen LogP contribution in [0.25, 0.3) is 10.2 Å². The van der Waals surface area contributed by atoms with Crippen molar-refractivity contribution in [2.75, 3.05) is 11.9 Å². The monoisotopic (exact) mass is 356 g/mol. The van der Waals surface area contributed by atoms with Gasteiger partial charge in [0.05, 0.1) is 10.2 Å². The van der Waals surface area contributed by atoms with E-state index in [4.69, 9.17) is 4.74 Å². The molecule has 0 unspecified atom stereocenters. The molecule has 0 aliphatic heterocycles. The Morgan fingerprint density at radius 2 is 1.96 bits per heavy atom. The van der Waals surface area contributed by atoms with Gasteiger partial charge in [0.1, 0.15) is 5.75 Å². The summed E-state index contributed by atoms with van der Waals surface area (Å²) in [6.07, 6.45) is 0. The number of carbonyl (C=O) groups excluding carboxylic acids is 1. The van der Waals surface area contributed by atoms with E-state index in [0.29, 0.717) is 18.0 Å². The first-order valence-corrected chi connectivity index (χ1v) is 8.93. The van der Waals surface area contributed by atoms with E-state index in [1.165, 1.54) is 16.9 Å². The summed E-state index contributed by atoms with van der Waals surface area (Å²) in [5, 5.41) is 2.81. The quantitative estimate of drug-likeness (QED) is 0.758. The fraction of sp³-hybridized carbons (Fsp3) is 0.263. The molecule has 0 saturated carbocycles. The highest BCUT2D eigenvalue weighted by molar-refractivity contribution is 7.16. The number of anilines is 1. The molecule has 0 fully saturated rings. The number of nitrogens with one attached hydrogen (secondary N) is 1. The number of thiazole rings is 1. The second kappa shape index (κ2) is 7.11. The number of nitrogens with zero attached hydrogens (tertiary/aromatic N) is 1. The molecule has 0 spiro atoms. The number of rotatable bonds is 5. The summed E-state index contributed by atoms with van der Waals surface area (Å²) in [5.74, 6) is 0.437. The van der Waals surface area contributed by atoms with Crippen LogP contribution in [0.3, 0.4) is 0 Å². The number of aromatic nitrogens is 1. The lowest BCUT2D eigenvalue weighted by molar-refractivity contribution is -0.118. The van der Waals surface area contributed by atoms with Gasteiger partial charge in [-0.3, -0.25) is 14.2 Å². The first-order valence-electron chi connectivity index (χ1n) is 8.11. The molecular weight excluding hydrogens is 336 g/mol. The van der Waals surface area contributed by atoms with Gasteiger partial charge in [-0.1, -0.05) is 17.4 Å². The van der Waals surface area contributed by atoms with Crippen LogP contribution in [-0.2, 0) is 11.3 Å². The second-order valence-corrected chi connectivity index (χ2v) is 6.87. The number of benzene rings is 2. The molecule has 2 aromatic carbocycles. The van der Waals surface area contributed by atoms with Crippen LogP contribution in [0.1, 0.15) is 18.1 Å². The Hall–Kier alpha value is -2.60. The third-order valence-corrected chi connectivity index (χ3v) is 5.06. The highest BCUT2D eigenvalue weighted by atomic mass is 32.1. The molecule has 1 N–H and O–H groups in total. The van der Waals surface area contributed by atoms with Gasteiger partial charge in [0.2, 0.25) is 0 Å². The van der Waals surface area contributed by atoms with E-state index >= 15 is 0 Å². The summed E-state index contributed by atoms with van der Waals surface area (Å²) >= 11 is 1.18. The molecule has 0 aliphatic carbocycles. The molecule has 6 heteroatoms. The van der Waals surface area contributed by atoms with Crippen LogP contribution in [0.2, 0.25) is 0 Å². The van der Waals surface area contributed by atoms with Crippen molar-refractivity contribution in [2.24, 2.45) is 0 Å². The predicted molar refractivity (Wildman–Crippen MR) is 102 cm³/mol. The molecule has 1 aromatic heterocycles. The molecule has 3 rings (SSSR count). The number of carbonyl (C=O) groups is 1. The first kappa shape index (κ1) is 17.2. The van der Waals surface area contributed by atoms with Crippen molar-refractivity contribution in [2.45, 2.75) is 27.3 Å². The molecular formula is C19H20N2O3S. The number of fused-ring (bicyclic) bond motifs is 1. The Balaban J connectivity index is 1.67. The van der Waals surface area contributed by atoms with Crippen LogP contribution in [0.4, 0.5) is 5.69 Å². The van der Waals surface area contributed by atoms with E-state index in [0.717, 1.165) is 15.8 Å². The van der Waals surface area contributed by atoms with Crippen molar-refractivity contribution >= 4 is 33.1 Å². The van der Waals surface area contributed by atoms with Gasteiger partial charge in [-0.25, -0.2) is 0 Å². The summed E-state index contributed by atoms with van der Waals surface area (Å²) < 4.78 is 8.12. The first-order chi connectivity index (χ1) is 12.0. The van der Waals surface area contributed by atoms with Crippen LogP contribution in [0.5, 0.6) is 5.75 Å². The van der Waals surface area contributed by atoms with Gasteiger partial charge < -0.3 is 10.1 Å². The van der Waals surface area contributed by atoms with Gasteiger partial charge in [-0.15, -0.1) is 0 Å². The van der Waals surface area contributed by atoms with Crippen LogP contribution < -0.4 is 14.9 Å². The highest BCUT2D eigenvalue weighted by Crippen LogP contribution is 2.22. The van der Waals surface area contributed by atoms with Crippen molar-refractivity contribution in [1.82, 2.24) is 4.57 Å². The Morgan fingerprint density at radius 3 is 2.68 bits per heavy atom.